The predicted octanol–water partition coefficient (Wildman–Crippen LogP) is 3.20. The van der Waals surface area contributed by atoms with Crippen molar-refractivity contribution in [3.05, 3.63) is 12.2 Å². The summed E-state index contributed by atoms with van der Waals surface area (Å²) >= 11 is 0. The Morgan fingerprint density at radius 3 is 1.92 bits per heavy atom. The largest absolute Gasteiger partial charge is 0.295 e. The number of hydroxylamine groups is 2. The first-order chi connectivity index (χ1) is 11.2. The van der Waals surface area contributed by atoms with Crippen LogP contribution < -0.4 is 0 Å². The molecule has 0 radical (unpaired) electrons. The Labute approximate surface area is 145 Å². The van der Waals surface area contributed by atoms with E-state index in [2.05, 4.69) is 32.8 Å². The van der Waals surface area contributed by atoms with Crippen LogP contribution in [0.25, 0.3) is 0 Å². The molecule has 0 aromatic carbocycles. The fraction of sp³-hybridized carbons (Fsp3) is 0.789. The highest BCUT2D eigenvalue weighted by molar-refractivity contribution is 6.13. The topological polar surface area (TPSA) is 49.9 Å². The summed E-state index contributed by atoms with van der Waals surface area (Å²) < 4.78 is 0. The van der Waals surface area contributed by atoms with Gasteiger partial charge in [0.2, 0.25) is 0 Å². The predicted molar refractivity (Wildman–Crippen MR) is 92.0 cm³/mol. The van der Waals surface area contributed by atoms with Crippen molar-refractivity contribution < 1.29 is 14.4 Å². The van der Waals surface area contributed by atoms with E-state index in [0.29, 0.717) is 6.10 Å². The SMILES string of the molecule is CC1(C)CC(N2C(=O)C=CC2=O)CC(C)(C)N1OC1CCCCC1. The molecular formula is C19H30N2O3. The van der Waals surface area contributed by atoms with Crippen LogP contribution in [0.3, 0.4) is 0 Å². The monoisotopic (exact) mass is 334 g/mol. The van der Waals surface area contributed by atoms with E-state index in [4.69, 9.17) is 4.84 Å². The molecule has 134 valence electrons. The first-order valence-corrected chi connectivity index (χ1v) is 9.23. The maximum absolute atomic E-state index is 12.1. The van der Waals surface area contributed by atoms with E-state index in [1.807, 2.05) is 0 Å². The van der Waals surface area contributed by atoms with Crippen molar-refractivity contribution in [1.82, 2.24) is 9.96 Å². The molecule has 0 spiro atoms. The minimum absolute atomic E-state index is 0.0730. The third-order valence-corrected chi connectivity index (χ3v) is 5.59. The van der Waals surface area contributed by atoms with Crippen molar-refractivity contribution in [2.45, 2.75) is 95.9 Å². The summed E-state index contributed by atoms with van der Waals surface area (Å²) in [6, 6.07) is -0.0730. The number of carbonyl (C=O) groups is 2. The molecular weight excluding hydrogens is 304 g/mol. The van der Waals surface area contributed by atoms with Crippen molar-refractivity contribution in [2.24, 2.45) is 0 Å². The molecule has 5 nitrogen and oxygen atoms in total. The number of hydrogen-bond acceptors (Lipinski definition) is 4. The maximum Gasteiger partial charge on any atom is 0.253 e. The third kappa shape index (κ3) is 3.29. The average Bonchev–Trinajstić information content (AvgIpc) is 2.82. The van der Waals surface area contributed by atoms with Gasteiger partial charge >= 0.3 is 0 Å². The molecule has 0 atom stereocenters. The van der Waals surface area contributed by atoms with Gasteiger partial charge in [0, 0.05) is 29.3 Å². The summed E-state index contributed by atoms with van der Waals surface area (Å²) in [7, 11) is 0. The molecule has 0 unspecified atom stereocenters. The number of rotatable bonds is 3. The Morgan fingerprint density at radius 2 is 1.42 bits per heavy atom. The molecule has 2 aliphatic heterocycles. The number of carbonyl (C=O) groups excluding carboxylic acids is 2. The Hall–Kier alpha value is -1.20. The number of nitrogens with zero attached hydrogens (tertiary/aromatic N) is 2. The second-order valence-electron chi connectivity index (χ2n) is 8.73. The summed E-state index contributed by atoms with van der Waals surface area (Å²) in [5.41, 5.74) is -0.458. The van der Waals surface area contributed by atoms with E-state index >= 15 is 0 Å². The molecule has 0 aromatic heterocycles. The highest BCUT2D eigenvalue weighted by Gasteiger charge is 2.50. The second kappa shape index (κ2) is 6.26. The van der Waals surface area contributed by atoms with Gasteiger partial charge in [-0.1, -0.05) is 19.3 Å². The molecule has 5 heteroatoms. The van der Waals surface area contributed by atoms with E-state index in [0.717, 1.165) is 25.7 Å². The lowest BCUT2D eigenvalue weighted by molar-refractivity contribution is -0.313. The Morgan fingerprint density at radius 1 is 0.917 bits per heavy atom. The van der Waals surface area contributed by atoms with Gasteiger partial charge in [-0.25, -0.2) is 0 Å². The van der Waals surface area contributed by atoms with Crippen molar-refractivity contribution in [1.29, 1.82) is 0 Å². The minimum Gasteiger partial charge on any atom is -0.295 e. The van der Waals surface area contributed by atoms with Crippen LogP contribution in [0.5, 0.6) is 0 Å². The van der Waals surface area contributed by atoms with Gasteiger partial charge in [-0.2, -0.15) is 5.06 Å². The lowest BCUT2D eigenvalue weighted by atomic mass is 9.78. The lowest BCUT2D eigenvalue weighted by Crippen LogP contribution is -2.65. The van der Waals surface area contributed by atoms with Gasteiger partial charge in [0.15, 0.2) is 0 Å². The van der Waals surface area contributed by atoms with E-state index < -0.39 is 0 Å². The summed E-state index contributed by atoms with van der Waals surface area (Å²) in [5.74, 6) is -0.364. The molecule has 0 N–H and O–H groups in total. The van der Waals surface area contributed by atoms with Crippen molar-refractivity contribution >= 4 is 11.8 Å². The first-order valence-electron chi connectivity index (χ1n) is 9.23. The zero-order chi connectivity index (χ0) is 17.5. The summed E-state index contributed by atoms with van der Waals surface area (Å²) in [4.78, 5) is 32.0. The first kappa shape index (κ1) is 17.6. The molecule has 0 aromatic rings. The van der Waals surface area contributed by atoms with Gasteiger partial charge < -0.3 is 0 Å². The second-order valence-corrected chi connectivity index (χ2v) is 8.73. The van der Waals surface area contributed by atoms with Gasteiger partial charge in [0.05, 0.1) is 6.10 Å². The Bertz CT molecular complexity index is 511. The normalized spacial score (nSPS) is 28.8. The average molecular weight is 334 g/mol. The van der Waals surface area contributed by atoms with Gasteiger partial charge in [-0.05, 0) is 53.4 Å². The van der Waals surface area contributed by atoms with Gasteiger partial charge in [-0.15, -0.1) is 0 Å². The molecule has 2 amide bonds. The van der Waals surface area contributed by atoms with Crippen LogP contribution in [0.1, 0.15) is 72.6 Å². The molecule has 0 bridgehead atoms. The smallest absolute Gasteiger partial charge is 0.253 e. The van der Waals surface area contributed by atoms with E-state index in [1.54, 1.807) is 0 Å². The number of amides is 2. The van der Waals surface area contributed by atoms with Crippen LogP contribution in [0, 0.1) is 0 Å². The summed E-state index contributed by atoms with van der Waals surface area (Å²) in [6.45, 7) is 8.62. The van der Waals surface area contributed by atoms with Crippen LogP contribution in [0.2, 0.25) is 0 Å². The fourth-order valence-corrected chi connectivity index (χ4v) is 4.77. The molecule has 3 rings (SSSR count). The van der Waals surface area contributed by atoms with E-state index in [-0.39, 0.29) is 28.9 Å². The summed E-state index contributed by atoms with van der Waals surface area (Å²) in [5, 5.41) is 2.16. The Kier molecular flexibility index (Phi) is 4.60. The van der Waals surface area contributed by atoms with Crippen molar-refractivity contribution in [2.75, 3.05) is 0 Å². The lowest BCUT2D eigenvalue weighted by Gasteiger charge is -2.55. The molecule has 1 aliphatic carbocycles. The molecule has 2 fully saturated rings. The highest BCUT2D eigenvalue weighted by atomic mass is 16.7. The van der Waals surface area contributed by atoms with Crippen LogP contribution in [0.4, 0.5) is 0 Å². The zero-order valence-corrected chi connectivity index (χ0v) is 15.4. The highest BCUT2D eigenvalue weighted by Crippen LogP contribution is 2.42. The standard InChI is InChI=1S/C19H30N2O3/c1-18(2)12-14(20-16(22)10-11-17(20)23)13-19(3,4)21(18)24-15-8-6-5-7-9-15/h10-11,14-15H,5-9,12-13H2,1-4H3. The number of piperidine rings is 1. The fourth-order valence-electron chi connectivity index (χ4n) is 4.77. The van der Waals surface area contributed by atoms with Crippen LogP contribution >= 0.6 is 0 Å². The molecule has 1 saturated heterocycles. The molecule has 2 heterocycles. The molecule has 1 saturated carbocycles. The van der Waals surface area contributed by atoms with Gasteiger partial charge in [0.1, 0.15) is 0 Å². The third-order valence-electron chi connectivity index (χ3n) is 5.59. The van der Waals surface area contributed by atoms with Crippen LogP contribution in [0.15, 0.2) is 12.2 Å². The van der Waals surface area contributed by atoms with Crippen LogP contribution in [-0.2, 0) is 14.4 Å². The number of imide groups is 1. The van der Waals surface area contributed by atoms with E-state index in [1.165, 1.54) is 36.3 Å². The Balaban J connectivity index is 1.76. The number of hydrogen-bond donors (Lipinski definition) is 0. The van der Waals surface area contributed by atoms with Crippen LogP contribution in [-0.4, -0.2) is 45.0 Å². The minimum atomic E-state index is -0.229. The molecule has 3 aliphatic rings. The van der Waals surface area contributed by atoms with Gasteiger partial charge in [0.25, 0.3) is 11.8 Å². The maximum atomic E-state index is 12.1. The zero-order valence-electron chi connectivity index (χ0n) is 15.4. The quantitative estimate of drug-likeness (QED) is 0.744. The van der Waals surface area contributed by atoms with Crippen molar-refractivity contribution in [3.8, 4) is 0 Å². The molecule has 24 heavy (non-hydrogen) atoms. The van der Waals surface area contributed by atoms with Gasteiger partial charge in [-0.3, -0.25) is 19.3 Å². The van der Waals surface area contributed by atoms with Crippen molar-refractivity contribution in [3.63, 3.8) is 0 Å². The summed E-state index contributed by atoms with van der Waals surface area (Å²) in [6.07, 6.45) is 10.6. The van der Waals surface area contributed by atoms with E-state index in [9.17, 15) is 9.59 Å².